The molecule has 12 rings (SSSR count). The van der Waals surface area contributed by atoms with E-state index in [1.165, 1.54) is 95.1 Å². The van der Waals surface area contributed by atoms with Crippen LogP contribution in [0.1, 0.15) is 105 Å². The minimum Gasteiger partial charge on any atom is -0.508 e. The highest BCUT2D eigenvalue weighted by Gasteiger charge is 2.69. The molecule has 0 aromatic heterocycles. The smallest absolute Gasteiger partial charge is 0.120 e. The zero-order valence-corrected chi connectivity index (χ0v) is 40.0. The SMILES string of the molecule is Oc1cc(O)cc(C#Cc2ccc(C34CC5(c6ccc(C#Cc7cc(O)cc(O)c7)cc6)CC(c6ccc(C#Cc7cc(O)cc(O)c7)cc6)(C3)CC(c3ccc(C#Cc6cc(O)cc(O)c6)cc3)(C4)C5)cc2)c1. The van der Waals surface area contributed by atoms with Crippen molar-refractivity contribution in [3.8, 4) is 93.4 Å². The van der Waals surface area contributed by atoms with Crippen molar-refractivity contribution < 1.29 is 40.9 Å². The third-order valence-corrected chi connectivity index (χ3v) is 15.1. The summed E-state index contributed by atoms with van der Waals surface area (Å²) in [6.45, 7) is 0. The molecule has 360 valence electrons. The molecule has 74 heavy (non-hydrogen) atoms. The van der Waals surface area contributed by atoms with Crippen LogP contribution in [0, 0.1) is 47.4 Å². The van der Waals surface area contributed by atoms with Gasteiger partial charge in [0.15, 0.2) is 0 Å². The Morgan fingerprint density at radius 3 is 0.514 bits per heavy atom. The van der Waals surface area contributed by atoms with Crippen molar-refractivity contribution in [3.05, 3.63) is 237 Å². The third-order valence-electron chi connectivity index (χ3n) is 15.1. The van der Waals surface area contributed by atoms with Crippen molar-refractivity contribution in [1.82, 2.24) is 0 Å². The van der Waals surface area contributed by atoms with Crippen molar-refractivity contribution in [3.63, 3.8) is 0 Å². The summed E-state index contributed by atoms with van der Waals surface area (Å²) in [6, 6.07) is 51.6. The molecule has 4 bridgehead atoms. The minimum absolute atomic E-state index is 0.0607. The van der Waals surface area contributed by atoms with Gasteiger partial charge in [-0.05, 0) is 180 Å². The zero-order valence-electron chi connectivity index (χ0n) is 40.0. The molecule has 8 nitrogen and oxygen atoms in total. The first kappa shape index (κ1) is 46.8. The Balaban J connectivity index is 1.04. The number of aromatic hydroxyl groups is 8. The topological polar surface area (TPSA) is 162 Å². The van der Waals surface area contributed by atoms with E-state index in [0.717, 1.165) is 60.8 Å². The van der Waals surface area contributed by atoms with Crippen molar-refractivity contribution in [2.24, 2.45) is 0 Å². The molecule has 0 unspecified atom stereocenters. The maximum atomic E-state index is 10.1. The Labute approximate surface area is 429 Å². The summed E-state index contributed by atoms with van der Waals surface area (Å²) in [5, 5.41) is 80.7. The van der Waals surface area contributed by atoms with E-state index in [-0.39, 0.29) is 67.7 Å². The van der Waals surface area contributed by atoms with Gasteiger partial charge < -0.3 is 40.9 Å². The largest absolute Gasteiger partial charge is 0.508 e. The van der Waals surface area contributed by atoms with Gasteiger partial charge in [0, 0.05) is 68.8 Å². The van der Waals surface area contributed by atoms with E-state index in [0.29, 0.717) is 22.3 Å². The molecule has 4 aliphatic rings. The first-order valence-corrected chi connectivity index (χ1v) is 24.2. The Bertz CT molecular complexity index is 3170. The molecule has 0 atom stereocenters. The van der Waals surface area contributed by atoms with E-state index in [9.17, 15) is 40.9 Å². The molecule has 8 heteroatoms. The Morgan fingerprint density at radius 2 is 0.351 bits per heavy atom. The number of phenols is 8. The van der Waals surface area contributed by atoms with E-state index in [1.54, 1.807) is 0 Å². The van der Waals surface area contributed by atoms with Crippen LogP contribution < -0.4 is 0 Å². The molecule has 8 N–H and O–H groups in total. The number of phenolic OH excluding ortho intramolecular Hbond substituents is 8. The van der Waals surface area contributed by atoms with Gasteiger partial charge in [-0.2, -0.15) is 0 Å². The van der Waals surface area contributed by atoms with Crippen molar-refractivity contribution >= 4 is 0 Å². The molecule has 0 spiro atoms. The monoisotopic (exact) mass is 968 g/mol. The van der Waals surface area contributed by atoms with Crippen LogP contribution in [0.4, 0.5) is 0 Å². The molecular formula is C66H48O8. The lowest BCUT2D eigenvalue weighted by Crippen LogP contribution is -2.67. The summed E-state index contributed by atoms with van der Waals surface area (Å²) in [5.41, 5.74) is 8.87. The maximum Gasteiger partial charge on any atom is 0.120 e. The van der Waals surface area contributed by atoms with Crippen LogP contribution in [0.25, 0.3) is 0 Å². The fourth-order valence-electron chi connectivity index (χ4n) is 12.7. The second-order valence-corrected chi connectivity index (χ2v) is 20.4. The summed E-state index contributed by atoms with van der Waals surface area (Å²) in [7, 11) is 0. The molecule has 0 heterocycles. The zero-order chi connectivity index (χ0) is 51.2. The molecule has 0 aliphatic heterocycles. The average Bonchev–Trinajstić information content (AvgIpc) is 3.45. The summed E-state index contributed by atoms with van der Waals surface area (Å²) in [6.07, 6.45) is 5.37. The number of hydrogen-bond donors (Lipinski definition) is 8. The van der Waals surface area contributed by atoms with E-state index in [1.807, 2.05) is 0 Å². The molecule has 0 radical (unpaired) electrons. The van der Waals surface area contributed by atoms with Crippen LogP contribution in [0.15, 0.2) is 170 Å². The van der Waals surface area contributed by atoms with Crippen molar-refractivity contribution in [2.45, 2.75) is 60.2 Å². The van der Waals surface area contributed by atoms with Gasteiger partial charge >= 0.3 is 0 Å². The van der Waals surface area contributed by atoms with E-state index < -0.39 is 0 Å². The normalized spacial score (nSPS) is 20.9. The van der Waals surface area contributed by atoms with Gasteiger partial charge in [0.2, 0.25) is 0 Å². The summed E-state index contributed by atoms with van der Waals surface area (Å²) in [5.74, 6) is 24.8. The number of benzene rings is 8. The van der Waals surface area contributed by atoms with E-state index in [4.69, 9.17) is 0 Å². The van der Waals surface area contributed by atoms with Gasteiger partial charge in [-0.3, -0.25) is 0 Å². The molecule has 0 saturated heterocycles. The Hall–Kier alpha value is -9.60. The molecule has 4 saturated carbocycles. The first-order valence-electron chi connectivity index (χ1n) is 24.2. The van der Waals surface area contributed by atoms with Gasteiger partial charge in [-0.25, -0.2) is 0 Å². The lowest BCUT2D eigenvalue weighted by Gasteiger charge is -2.71. The van der Waals surface area contributed by atoms with Gasteiger partial charge in [-0.15, -0.1) is 0 Å². The fourth-order valence-corrected chi connectivity index (χ4v) is 12.7. The highest BCUT2D eigenvalue weighted by atomic mass is 16.3. The van der Waals surface area contributed by atoms with Gasteiger partial charge in [0.25, 0.3) is 0 Å². The van der Waals surface area contributed by atoms with Crippen molar-refractivity contribution in [2.75, 3.05) is 0 Å². The maximum absolute atomic E-state index is 10.1. The number of rotatable bonds is 4. The van der Waals surface area contributed by atoms with Crippen LogP contribution in [-0.4, -0.2) is 40.9 Å². The lowest BCUT2D eigenvalue weighted by molar-refractivity contribution is -0.0691. The van der Waals surface area contributed by atoms with Gasteiger partial charge in [-0.1, -0.05) is 95.9 Å². The van der Waals surface area contributed by atoms with Crippen molar-refractivity contribution in [1.29, 1.82) is 0 Å². The average molecular weight is 969 g/mol. The van der Waals surface area contributed by atoms with E-state index >= 15 is 0 Å². The predicted octanol–water partition coefficient (Wildman–Crippen LogP) is 11.4. The Kier molecular flexibility index (Phi) is 11.5. The minimum atomic E-state index is -0.306. The fraction of sp³-hybridized carbons (Fsp3) is 0.152. The second kappa shape index (κ2) is 18.2. The summed E-state index contributed by atoms with van der Waals surface area (Å²) in [4.78, 5) is 0. The number of hydrogen-bond acceptors (Lipinski definition) is 8. The van der Waals surface area contributed by atoms with Crippen LogP contribution in [0.3, 0.4) is 0 Å². The highest BCUT2D eigenvalue weighted by molar-refractivity contribution is 5.57. The quantitative estimate of drug-likeness (QED) is 0.0809. The standard InChI is InChI=1S/C66H48O8/c67-55-25-47(26-56(68)33-55)5-1-43-9-17-51(18-10-43)63-37-64(52-19-11-44(12-20-52)2-6-48-27-57(69)34-58(70)28-48)40-65(38-63,53-21-13-45(14-22-53)3-7-49-29-59(71)35-60(72)30-49)42-66(39-63,41-64)54-23-15-46(16-24-54)4-8-50-31-61(73)36-62(74)32-50/h9-36,67-74H,37-42H2. The molecular weight excluding hydrogens is 921 g/mol. The summed E-state index contributed by atoms with van der Waals surface area (Å²) >= 11 is 0. The molecule has 8 aromatic carbocycles. The van der Waals surface area contributed by atoms with Crippen LogP contribution >= 0.6 is 0 Å². The molecule has 8 aromatic rings. The predicted molar refractivity (Wildman–Crippen MR) is 283 cm³/mol. The van der Waals surface area contributed by atoms with Crippen LogP contribution in [0.5, 0.6) is 46.0 Å². The van der Waals surface area contributed by atoms with Crippen LogP contribution in [-0.2, 0) is 21.7 Å². The molecule has 4 aliphatic carbocycles. The molecule has 4 fully saturated rings. The lowest BCUT2D eigenvalue weighted by atomic mass is 9.32. The second-order valence-electron chi connectivity index (χ2n) is 20.4. The molecule has 0 amide bonds. The highest BCUT2D eigenvalue weighted by Crippen LogP contribution is 2.74. The van der Waals surface area contributed by atoms with Gasteiger partial charge in [0.1, 0.15) is 46.0 Å². The third kappa shape index (κ3) is 9.38. The van der Waals surface area contributed by atoms with Gasteiger partial charge in [0.05, 0.1) is 0 Å². The first-order chi connectivity index (χ1) is 35.6. The van der Waals surface area contributed by atoms with Crippen LogP contribution in [0.2, 0.25) is 0 Å². The Morgan fingerprint density at radius 1 is 0.203 bits per heavy atom. The van der Waals surface area contributed by atoms with E-state index in [2.05, 4.69) is 144 Å². The summed E-state index contributed by atoms with van der Waals surface area (Å²) < 4.78 is 0.